The van der Waals surface area contributed by atoms with Gasteiger partial charge in [-0.2, -0.15) is 0 Å². The van der Waals surface area contributed by atoms with E-state index in [1.807, 2.05) is 27.7 Å². The van der Waals surface area contributed by atoms with Gasteiger partial charge in [-0.15, -0.1) is 0 Å². The summed E-state index contributed by atoms with van der Waals surface area (Å²) in [5.41, 5.74) is -0.843. The zero-order valence-corrected chi connectivity index (χ0v) is 16.5. The highest BCUT2D eigenvalue weighted by Crippen LogP contribution is 2.47. The zero-order valence-electron chi connectivity index (χ0n) is 16.5. The molecule has 142 valence electrons. The fourth-order valence-corrected chi connectivity index (χ4v) is 3.99. The van der Waals surface area contributed by atoms with Crippen LogP contribution in [0.2, 0.25) is 0 Å². The Bertz CT molecular complexity index is 389. The average Bonchev–Trinajstić information content (AvgIpc) is 2.47. The van der Waals surface area contributed by atoms with Crippen molar-refractivity contribution in [3.63, 3.8) is 0 Å². The number of rotatable bonds is 13. The van der Waals surface area contributed by atoms with E-state index in [1.165, 1.54) is 12.8 Å². The summed E-state index contributed by atoms with van der Waals surface area (Å²) in [5, 5.41) is 19.4. The van der Waals surface area contributed by atoms with Gasteiger partial charge in [0.25, 0.3) is 0 Å². The Balaban J connectivity index is 5.44. The van der Waals surface area contributed by atoms with E-state index in [4.69, 9.17) is 0 Å². The van der Waals surface area contributed by atoms with Crippen LogP contribution in [0.5, 0.6) is 0 Å². The fourth-order valence-electron chi connectivity index (χ4n) is 3.99. The third-order valence-corrected chi connectivity index (χ3v) is 5.62. The van der Waals surface area contributed by atoms with Crippen molar-refractivity contribution < 1.29 is 19.8 Å². The van der Waals surface area contributed by atoms with Crippen molar-refractivity contribution in [2.45, 2.75) is 86.5 Å². The van der Waals surface area contributed by atoms with Crippen LogP contribution in [0.4, 0.5) is 0 Å². The monoisotopic (exact) mass is 342 g/mol. The van der Waals surface area contributed by atoms with Crippen molar-refractivity contribution in [2.24, 2.45) is 29.1 Å². The van der Waals surface area contributed by atoms with E-state index in [1.54, 1.807) is 6.92 Å². The first kappa shape index (κ1) is 22.9. The molecule has 0 radical (unpaired) electrons. The summed E-state index contributed by atoms with van der Waals surface area (Å²) in [7, 11) is 0. The van der Waals surface area contributed by atoms with Crippen LogP contribution >= 0.6 is 0 Å². The summed E-state index contributed by atoms with van der Waals surface area (Å²) in [6.07, 6.45) is 6.50. The second kappa shape index (κ2) is 10.7. The van der Waals surface area contributed by atoms with Crippen molar-refractivity contribution in [3.8, 4) is 0 Å². The maximum atomic E-state index is 12.3. The Morgan fingerprint density at radius 2 is 1.46 bits per heavy atom. The second-order valence-electron chi connectivity index (χ2n) is 7.99. The SMILES string of the molecule is CCCCCCCC(C(=O)O)(C(C)C)C(CC(C)C(=O)O)C(C)C. The van der Waals surface area contributed by atoms with Gasteiger partial charge in [0.2, 0.25) is 0 Å². The van der Waals surface area contributed by atoms with Gasteiger partial charge in [-0.25, -0.2) is 0 Å². The van der Waals surface area contributed by atoms with Gasteiger partial charge in [0, 0.05) is 0 Å². The van der Waals surface area contributed by atoms with Crippen LogP contribution in [0.15, 0.2) is 0 Å². The topological polar surface area (TPSA) is 74.6 Å². The molecular formula is C20H38O4. The molecule has 0 amide bonds. The minimum absolute atomic E-state index is 0.0189. The normalized spacial score (nSPS) is 16.8. The van der Waals surface area contributed by atoms with E-state index in [9.17, 15) is 19.8 Å². The van der Waals surface area contributed by atoms with Crippen LogP contribution in [0.25, 0.3) is 0 Å². The minimum Gasteiger partial charge on any atom is -0.481 e. The lowest BCUT2D eigenvalue weighted by atomic mass is 9.59. The van der Waals surface area contributed by atoms with E-state index >= 15 is 0 Å². The molecule has 3 atom stereocenters. The van der Waals surface area contributed by atoms with Gasteiger partial charge in [0.05, 0.1) is 11.3 Å². The molecule has 0 saturated heterocycles. The molecule has 24 heavy (non-hydrogen) atoms. The molecule has 0 heterocycles. The molecule has 0 aromatic rings. The van der Waals surface area contributed by atoms with Crippen molar-refractivity contribution in [2.75, 3.05) is 0 Å². The van der Waals surface area contributed by atoms with Crippen LogP contribution in [0.1, 0.15) is 86.5 Å². The molecule has 0 spiro atoms. The molecule has 4 heteroatoms. The predicted molar refractivity (Wildman–Crippen MR) is 98.0 cm³/mol. The van der Waals surface area contributed by atoms with Gasteiger partial charge in [-0.3, -0.25) is 9.59 Å². The summed E-state index contributed by atoms with van der Waals surface area (Å²) >= 11 is 0. The minimum atomic E-state index is -0.843. The summed E-state index contributed by atoms with van der Waals surface area (Å²) in [4.78, 5) is 23.6. The van der Waals surface area contributed by atoms with Gasteiger partial charge in [-0.1, -0.05) is 73.6 Å². The number of carboxylic acid groups (broad SMARTS) is 2. The molecule has 0 rings (SSSR count). The standard InChI is InChI=1S/C20H38O4/c1-7-8-9-10-11-12-20(15(4)5,19(23)24)17(14(2)3)13-16(6)18(21)22/h14-17H,7-13H2,1-6H3,(H,21,22)(H,23,24). The Morgan fingerprint density at radius 3 is 1.83 bits per heavy atom. The van der Waals surface area contributed by atoms with Crippen molar-refractivity contribution >= 4 is 11.9 Å². The smallest absolute Gasteiger partial charge is 0.310 e. The highest BCUT2D eigenvalue weighted by molar-refractivity contribution is 5.76. The molecule has 0 aromatic carbocycles. The molecule has 0 bridgehead atoms. The molecule has 0 aromatic heterocycles. The highest BCUT2D eigenvalue weighted by atomic mass is 16.4. The molecule has 3 unspecified atom stereocenters. The largest absolute Gasteiger partial charge is 0.481 e. The Morgan fingerprint density at radius 1 is 0.917 bits per heavy atom. The van der Waals surface area contributed by atoms with Crippen molar-refractivity contribution in [3.05, 3.63) is 0 Å². The average molecular weight is 343 g/mol. The number of hydrogen-bond acceptors (Lipinski definition) is 2. The fraction of sp³-hybridized carbons (Fsp3) is 0.900. The number of carboxylic acids is 2. The maximum Gasteiger partial charge on any atom is 0.310 e. The summed E-state index contributed by atoms with van der Waals surface area (Å²) in [5.74, 6) is -2.13. The first-order valence-electron chi connectivity index (χ1n) is 9.57. The molecule has 2 N–H and O–H groups in total. The van der Waals surface area contributed by atoms with Crippen LogP contribution in [-0.2, 0) is 9.59 Å². The van der Waals surface area contributed by atoms with Gasteiger partial charge in [0.1, 0.15) is 0 Å². The van der Waals surface area contributed by atoms with Crippen LogP contribution < -0.4 is 0 Å². The van der Waals surface area contributed by atoms with E-state index in [-0.39, 0.29) is 17.8 Å². The lowest BCUT2D eigenvalue weighted by molar-refractivity contribution is -0.161. The van der Waals surface area contributed by atoms with Gasteiger partial charge in [-0.05, 0) is 30.6 Å². The summed E-state index contributed by atoms with van der Waals surface area (Å²) in [6.45, 7) is 11.8. The number of carbonyl (C=O) groups is 2. The number of hydrogen-bond donors (Lipinski definition) is 2. The number of aliphatic carboxylic acids is 2. The van der Waals surface area contributed by atoms with E-state index < -0.39 is 23.3 Å². The predicted octanol–water partition coefficient (Wildman–Crippen LogP) is 5.46. The van der Waals surface area contributed by atoms with Gasteiger partial charge < -0.3 is 10.2 Å². The lowest BCUT2D eigenvalue weighted by Crippen LogP contribution is -2.46. The molecule has 0 saturated carbocycles. The Kier molecular flexibility index (Phi) is 10.3. The number of unbranched alkanes of at least 4 members (excludes halogenated alkanes) is 4. The molecule has 0 fully saturated rings. The van der Waals surface area contributed by atoms with Crippen molar-refractivity contribution in [1.29, 1.82) is 0 Å². The first-order valence-corrected chi connectivity index (χ1v) is 9.57. The lowest BCUT2D eigenvalue weighted by Gasteiger charge is -2.43. The third kappa shape index (κ3) is 6.10. The molecule has 0 aliphatic rings. The van der Waals surface area contributed by atoms with E-state index in [0.717, 1.165) is 19.3 Å². The summed E-state index contributed by atoms with van der Waals surface area (Å²) in [6, 6.07) is 0. The summed E-state index contributed by atoms with van der Waals surface area (Å²) < 4.78 is 0. The highest BCUT2D eigenvalue weighted by Gasteiger charge is 2.49. The maximum absolute atomic E-state index is 12.3. The molecular weight excluding hydrogens is 304 g/mol. The van der Waals surface area contributed by atoms with Crippen LogP contribution in [-0.4, -0.2) is 22.2 Å². The first-order chi connectivity index (χ1) is 11.1. The quantitative estimate of drug-likeness (QED) is 0.436. The molecule has 0 aliphatic heterocycles. The van der Waals surface area contributed by atoms with Crippen LogP contribution in [0.3, 0.4) is 0 Å². The van der Waals surface area contributed by atoms with E-state index in [2.05, 4.69) is 6.92 Å². The Hall–Kier alpha value is -1.06. The molecule has 4 nitrogen and oxygen atoms in total. The van der Waals surface area contributed by atoms with E-state index in [0.29, 0.717) is 12.8 Å². The van der Waals surface area contributed by atoms with Crippen LogP contribution in [0, 0.1) is 29.1 Å². The third-order valence-electron chi connectivity index (χ3n) is 5.62. The van der Waals surface area contributed by atoms with Gasteiger partial charge >= 0.3 is 11.9 Å². The van der Waals surface area contributed by atoms with Gasteiger partial charge in [0.15, 0.2) is 0 Å². The molecule has 0 aliphatic carbocycles. The zero-order chi connectivity index (χ0) is 18.9. The van der Waals surface area contributed by atoms with Crippen molar-refractivity contribution in [1.82, 2.24) is 0 Å². The second-order valence-corrected chi connectivity index (χ2v) is 7.99. The Labute approximate surface area is 148 Å².